The van der Waals surface area contributed by atoms with Crippen molar-refractivity contribution in [1.29, 1.82) is 0 Å². The highest BCUT2D eigenvalue weighted by Gasteiger charge is 2.25. The molecule has 0 aliphatic heterocycles. The van der Waals surface area contributed by atoms with Crippen molar-refractivity contribution in [1.82, 2.24) is 0 Å². The smallest absolute Gasteiger partial charge is 0.00132 e. The predicted octanol–water partition coefficient (Wildman–Crippen LogP) is 6.05. The third-order valence-electron chi connectivity index (χ3n) is 5.99. The predicted molar refractivity (Wildman–Crippen MR) is 102 cm³/mol. The largest absolute Gasteiger partial charge is 0.0619 e. The SMILES string of the molecule is c1ccc2c(c1)Cc1ccc3c4c(c5ccccc5c-2c14)CCC3. The average molecular weight is 306 g/mol. The summed E-state index contributed by atoms with van der Waals surface area (Å²) in [7, 11) is 0. The molecule has 2 aliphatic rings. The van der Waals surface area contributed by atoms with E-state index in [1.165, 1.54) is 52.3 Å². The van der Waals surface area contributed by atoms with E-state index in [1.807, 2.05) is 0 Å². The van der Waals surface area contributed by atoms with Crippen LogP contribution in [0.2, 0.25) is 0 Å². The van der Waals surface area contributed by atoms with Crippen LogP contribution in [-0.2, 0) is 19.3 Å². The number of benzene rings is 4. The molecule has 0 saturated heterocycles. The van der Waals surface area contributed by atoms with E-state index in [0.29, 0.717) is 0 Å². The molecule has 0 radical (unpaired) electrons. The number of aryl methyl sites for hydroxylation is 2. The van der Waals surface area contributed by atoms with E-state index >= 15 is 0 Å². The van der Waals surface area contributed by atoms with Crippen LogP contribution in [0.25, 0.3) is 32.7 Å². The van der Waals surface area contributed by atoms with E-state index in [-0.39, 0.29) is 0 Å². The number of hydrogen-bond donors (Lipinski definition) is 0. The molecule has 24 heavy (non-hydrogen) atoms. The lowest BCUT2D eigenvalue weighted by atomic mass is 9.75. The minimum absolute atomic E-state index is 1.07. The maximum Gasteiger partial charge on any atom is -0.00132 e. The highest BCUT2D eigenvalue weighted by molar-refractivity contribution is 6.18. The standard InChI is InChI=1S/C24H18/c1-2-8-18-16(6-1)14-17-13-12-15-7-5-11-20-19-9-3-4-10-21(19)24(18)23(17)22(15)20/h1-4,6,8-10,12-13H,5,7,11,14H2. The van der Waals surface area contributed by atoms with Crippen LogP contribution in [0.1, 0.15) is 28.7 Å². The fourth-order valence-corrected chi connectivity index (χ4v) is 5.03. The molecule has 0 heterocycles. The molecule has 0 atom stereocenters. The first-order chi connectivity index (χ1) is 11.9. The zero-order valence-corrected chi connectivity index (χ0v) is 13.6. The lowest BCUT2D eigenvalue weighted by molar-refractivity contribution is 0.812. The normalized spacial score (nSPS) is 14.8. The first-order valence-corrected chi connectivity index (χ1v) is 8.98. The van der Waals surface area contributed by atoms with Gasteiger partial charge in [-0.1, -0.05) is 60.7 Å². The summed E-state index contributed by atoms with van der Waals surface area (Å²) in [5.74, 6) is 0. The van der Waals surface area contributed by atoms with Crippen molar-refractivity contribution < 1.29 is 0 Å². The van der Waals surface area contributed by atoms with Crippen molar-refractivity contribution in [3.05, 3.63) is 82.9 Å². The Hall–Kier alpha value is -2.60. The van der Waals surface area contributed by atoms with Crippen molar-refractivity contribution in [3.8, 4) is 11.1 Å². The Morgan fingerprint density at radius 1 is 0.583 bits per heavy atom. The van der Waals surface area contributed by atoms with Gasteiger partial charge in [0.2, 0.25) is 0 Å². The third kappa shape index (κ3) is 1.49. The van der Waals surface area contributed by atoms with Gasteiger partial charge in [-0.15, -0.1) is 0 Å². The Morgan fingerprint density at radius 2 is 1.38 bits per heavy atom. The van der Waals surface area contributed by atoms with Gasteiger partial charge in [-0.05, 0) is 80.6 Å². The molecule has 0 unspecified atom stereocenters. The molecular weight excluding hydrogens is 288 g/mol. The number of hydrogen-bond acceptors (Lipinski definition) is 0. The van der Waals surface area contributed by atoms with Gasteiger partial charge < -0.3 is 0 Å². The minimum Gasteiger partial charge on any atom is -0.0619 e. The molecule has 0 spiro atoms. The topological polar surface area (TPSA) is 0 Å². The second-order valence-electron chi connectivity index (χ2n) is 7.22. The van der Waals surface area contributed by atoms with Gasteiger partial charge in [0.05, 0.1) is 0 Å². The van der Waals surface area contributed by atoms with Gasteiger partial charge in [0.25, 0.3) is 0 Å². The summed E-state index contributed by atoms with van der Waals surface area (Å²) in [4.78, 5) is 0. The quantitative estimate of drug-likeness (QED) is 0.305. The second kappa shape index (κ2) is 4.48. The van der Waals surface area contributed by atoms with E-state index in [4.69, 9.17) is 0 Å². The van der Waals surface area contributed by atoms with Gasteiger partial charge >= 0.3 is 0 Å². The molecule has 0 heteroatoms. The number of fused-ring (bicyclic) bond motifs is 5. The zero-order chi connectivity index (χ0) is 15.7. The zero-order valence-electron chi connectivity index (χ0n) is 13.6. The van der Waals surface area contributed by atoms with Crippen molar-refractivity contribution in [2.45, 2.75) is 25.7 Å². The Labute approximate surface area is 141 Å². The van der Waals surface area contributed by atoms with Crippen LogP contribution in [0.15, 0.2) is 60.7 Å². The highest BCUT2D eigenvalue weighted by atomic mass is 14.3. The Morgan fingerprint density at radius 3 is 2.33 bits per heavy atom. The van der Waals surface area contributed by atoms with Crippen LogP contribution in [0, 0.1) is 0 Å². The molecule has 4 aromatic carbocycles. The van der Waals surface area contributed by atoms with Crippen LogP contribution < -0.4 is 0 Å². The van der Waals surface area contributed by atoms with Crippen molar-refractivity contribution in [2.75, 3.05) is 0 Å². The molecule has 0 N–H and O–H groups in total. The third-order valence-corrected chi connectivity index (χ3v) is 5.99. The van der Waals surface area contributed by atoms with Crippen LogP contribution >= 0.6 is 0 Å². The summed E-state index contributed by atoms with van der Waals surface area (Å²) < 4.78 is 0. The summed E-state index contributed by atoms with van der Waals surface area (Å²) in [6.07, 6.45) is 4.79. The van der Waals surface area contributed by atoms with E-state index in [0.717, 1.165) is 6.42 Å². The second-order valence-corrected chi connectivity index (χ2v) is 7.22. The van der Waals surface area contributed by atoms with Crippen LogP contribution in [-0.4, -0.2) is 0 Å². The summed E-state index contributed by atoms with van der Waals surface area (Å²) in [6.45, 7) is 0. The Balaban J connectivity index is 1.96. The average Bonchev–Trinajstić information content (AvgIpc) is 2.66. The molecule has 0 bridgehead atoms. The minimum atomic E-state index is 1.07. The fraction of sp³-hybridized carbons (Fsp3) is 0.167. The summed E-state index contributed by atoms with van der Waals surface area (Å²) in [5.41, 5.74) is 9.04. The molecule has 0 saturated carbocycles. The summed E-state index contributed by atoms with van der Waals surface area (Å²) in [5, 5.41) is 6.02. The van der Waals surface area contributed by atoms with E-state index < -0.39 is 0 Å². The monoisotopic (exact) mass is 306 g/mol. The van der Waals surface area contributed by atoms with Crippen molar-refractivity contribution in [3.63, 3.8) is 0 Å². The Bertz CT molecular complexity index is 1150. The lowest BCUT2D eigenvalue weighted by Gasteiger charge is -2.28. The summed E-state index contributed by atoms with van der Waals surface area (Å²) >= 11 is 0. The van der Waals surface area contributed by atoms with E-state index in [2.05, 4.69) is 60.7 Å². The summed E-state index contributed by atoms with van der Waals surface area (Å²) in [6, 6.07) is 22.8. The van der Waals surface area contributed by atoms with Gasteiger partial charge in [-0.2, -0.15) is 0 Å². The van der Waals surface area contributed by atoms with Gasteiger partial charge in [-0.3, -0.25) is 0 Å². The van der Waals surface area contributed by atoms with Crippen molar-refractivity contribution in [2.24, 2.45) is 0 Å². The molecule has 0 aromatic heterocycles. The molecule has 114 valence electrons. The molecule has 0 fully saturated rings. The van der Waals surface area contributed by atoms with E-state index in [1.54, 1.807) is 21.9 Å². The van der Waals surface area contributed by atoms with Gasteiger partial charge in [0.15, 0.2) is 0 Å². The molecule has 4 aromatic rings. The van der Waals surface area contributed by atoms with Gasteiger partial charge in [0.1, 0.15) is 0 Å². The van der Waals surface area contributed by atoms with Crippen LogP contribution in [0.3, 0.4) is 0 Å². The van der Waals surface area contributed by atoms with Gasteiger partial charge in [0, 0.05) is 0 Å². The molecule has 6 rings (SSSR count). The highest BCUT2D eigenvalue weighted by Crippen LogP contribution is 2.48. The Kier molecular flexibility index (Phi) is 2.38. The maximum atomic E-state index is 2.40. The van der Waals surface area contributed by atoms with Crippen LogP contribution in [0.4, 0.5) is 0 Å². The first-order valence-electron chi connectivity index (χ1n) is 8.98. The fourth-order valence-electron chi connectivity index (χ4n) is 5.03. The van der Waals surface area contributed by atoms with Gasteiger partial charge in [-0.25, -0.2) is 0 Å². The number of rotatable bonds is 0. The lowest BCUT2D eigenvalue weighted by Crippen LogP contribution is -2.08. The van der Waals surface area contributed by atoms with Crippen LogP contribution in [0.5, 0.6) is 0 Å². The molecule has 0 amide bonds. The van der Waals surface area contributed by atoms with Crippen molar-refractivity contribution >= 4 is 21.5 Å². The maximum absolute atomic E-state index is 2.40. The molecule has 0 nitrogen and oxygen atoms in total. The first kappa shape index (κ1) is 12.8. The molecule has 2 aliphatic carbocycles. The molecular formula is C24H18. The van der Waals surface area contributed by atoms with E-state index in [9.17, 15) is 0 Å².